The molecule has 1 aromatic carbocycles. The molecule has 2 unspecified atom stereocenters. The number of aliphatic hydroxyl groups is 3. The van der Waals surface area contributed by atoms with Crippen LogP contribution < -0.4 is 37.1 Å². The van der Waals surface area contributed by atoms with Gasteiger partial charge in [-0.15, -0.1) is 0 Å². The number of nitrogens with one attached hydrogen (secondary N) is 6. The largest absolute Gasteiger partial charge is 0.496 e. The molecule has 2 fully saturated rings. The van der Waals surface area contributed by atoms with Gasteiger partial charge >= 0.3 is 0 Å². The highest BCUT2D eigenvalue weighted by Gasteiger charge is 2.45. The predicted molar refractivity (Wildman–Crippen MR) is 309 cm³/mol. The van der Waals surface area contributed by atoms with Crippen LogP contribution in [0.3, 0.4) is 0 Å². The topological polar surface area (TPSA) is 400 Å². The normalized spacial score (nSPS) is 26.4. The zero-order chi connectivity index (χ0) is 62.4. The van der Waals surface area contributed by atoms with Gasteiger partial charge in [0.15, 0.2) is 11.6 Å². The Morgan fingerprint density at radius 3 is 2.26 bits per heavy atom. The second-order valence-electron chi connectivity index (χ2n) is 22.7. The van der Waals surface area contributed by atoms with Gasteiger partial charge in [-0.05, 0) is 55.1 Å². The van der Waals surface area contributed by atoms with E-state index in [0.29, 0.717) is 73.0 Å². The first-order valence-corrected chi connectivity index (χ1v) is 31.4. The van der Waals surface area contributed by atoms with E-state index in [9.17, 15) is 72.9 Å². The molecule has 9 amide bonds. The van der Waals surface area contributed by atoms with Crippen LogP contribution in [0.1, 0.15) is 116 Å². The number of amides is 9. The number of carbonyl (C=O) groups excluding carboxylic acids is 12. The molecule has 28 heteroatoms. The molecule has 4 aliphatic heterocycles. The molecule has 85 heavy (non-hydrogen) atoms. The molecule has 0 saturated carbocycles. The number of methoxy groups -OCH3 is 1. The molecule has 26 nitrogen and oxygen atoms in total. The summed E-state index contributed by atoms with van der Waals surface area (Å²) in [6.07, 6.45) is -2.18. The van der Waals surface area contributed by atoms with Crippen LogP contribution in [0, 0.1) is 29.6 Å². The molecular formula is C57H81N9O17S2. The van der Waals surface area contributed by atoms with Crippen molar-refractivity contribution in [3.63, 3.8) is 0 Å². The molecule has 2 saturated heterocycles. The standard InChI is InChI=1S/C57H81N9O17S2/c1-6-29(2)37-20-34(69)23-59-51(76)32-18-38-36-13-14-45(83-5)39(27-84-16-10-12-33(68)11-8-7-9-15-65-48(75)17-30(3)56(65)80)50(36)64-55(38)85(82)28-41(61-47(74)24-60-52(37)77)53(78)62-40(22-46(58)73)57(81)66-25-35(70)21-42(66)54(79)63-49(43(71)19-32)31(4)44(72)26-67/h13-14,29-32,35,37,40-42,44,49,64,67,70,72H,6-12,15-28H2,1-5H3,(H2,58,73)(H,59,76)(H,60,77)(H,61,74)(H,62,78)(H,63,79)/t29-,30?,31-,32+,35+,37-,40-,41-,42-,44-,49-,85?/m0/s1. The third kappa shape index (κ3) is 17.5. The highest BCUT2D eigenvalue weighted by atomic mass is 32.2. The van der Waals surface area contributed by atoms with Crippen molar-refractivity contribution in [3.8, 4) is 5.75 Å². The number of Topliss-reactive ketones (excluding diaryl/α,β-unsaturated/α-hetero) is 3. The SMILES string of the molecule is CC[C@H](C)[C@@H]1CC(=O)CNC(=O)[C@H]2CC(=O)[C@H]([C@@H](C)[C@@H](O)CO)NC(=O)[C@@H]3C[C@@H](O)CN3C(=O)[C@H](CC(N)=O)NC(=O)[C@H](CS(=O)c3[nH]c4c(CSCCCC(=O)CCCCCN5C(=O)CC(C)C5=O)c(OC)ccc4c3C2)NC(=O)CNC1=O. The number of nitrogens with two attached hydrogens (primary N) is 1. The quantitative estimate of drug-likeness (QED) is 0.0567. The maximum absolute atomic E-state index is 15.3. The van der Waals surface area contributed by atoms with E-state index in [4.69, 9.17) is 10.5 Å². The minimum Gasteiger partial charge on any atom is -0.496 e. The van der Waals surface area contributed by atoms with E-state index in [1.807, 2.05) is 0 Å². The fraction of sp³-hybridized carbons (Fsp3) is 0.649. The summed E-state index contributed by atoms with van der Waals surface area (Å²) in [5.41, 5.74) is 6.68. The van der Waals surface area contributed by atoms with E-state index < -0.39 is 181 Å². The Bertz CT molecular complexity index is 2900. The number of imide groups is 1. The second kappa shape index (κ2) is 31.2. The highest BCUT2D eigenvalue weighted by molar-refractivity contribution is 7.98. The summed E-state index contributed by atoms with van der Waals surface area (Å²) < 4.78 is 21.1. The number of rotatable bonds is 20. The number of benzene rings is 1. The fourth-order valence-corrected chi connectivity index (χ4v) is 13.6. The molecule has 6 rings (SSSR count). The molecule has 0 spiro atoms. The lowest BCUT2D eigenvalue weighted by Crippen LogP contribution is -2.60. The molecular weight excluding hydrogens is 1150 g/mol. The lowest BCUT2D eigenvalue weighted by Gasteiger charge is -2.32. The Labute approximate surface area is 499 Å². The first-order valence-electron chi connectivity index (χ1n) is 29.0. The summed E-state index contributed by atoms with van der Waals surface area (Å²) in [6, 6.07) is -3.69. The highest BCUT2D eigenvalue weighted by Crippen LogP contribution is 2.37. The molecule has 5 heterocycles. The van der Waals surface area contributed by atoms with Gasteiger partial charge in [0.1, 0.15) is 34.7 Å². The van der Waals surface area contributed by atoms with Crippen molar-refractivity contribution in [1.29, 1.82) is 0 Å². The van der Waals surface area contributed by atoms with Gasteiger partial charge in [0.25, 0.3) is 0 Å². The van der Waals surface area contributed by atoms with E-state index in [1.54, 1.807) is 32.9 Å². The maximum atomic E-state index is 15.3. The number of carbonyl (C=O) groups is 12. The minimum atomic E-state index is -2.41. The van der Waals surface area contributed by atoms with Crippen LogP contribution in [-0.4, -0.2) is 193 Å². The lowest BCUT2D eigenvalue weighted by atomic mass is 9.85. The minimum absolute atomic E-state index is 0.0522. The van der Waals surface area contributed by atoms with E-state index in [0.717, 1.165) is 4.90 Å². The summed E-state index contributed by atoms with van der Waals surface area (Å²) in [5.74, 6) is -12.8. The lowest BCUT2D eigenvalue weighted by molar-refractivity contribution is -0.144. The molecule has 4 aliphatic rings. The molecule has 11 N–H and O–H groups in total. The van der Waals surface area contributed by atoms with Gasteiger partial charge in [-0.1, -0.05) is 40.5 Å². The Balaban J connectivity index is 1.42. The number of H-pyrrole nitrogens is 1. The number of aromatic amines is 1. The second-order valence-corrected chi connectivity index (χ2v) is 25.2. The molecule has 0 radical (unpaired) electrons. The number of ether oxygens (including phenoxy) is 1. The number of unbranched alkanes of at least 4 members (excludes halogenated alkanes) is 2. The summed E-state index contributed by atoms with van der Waals surface area (Å²) in [6.45, 7) is 4.15. The summed E-state index contributed by atoms with van der Waals surface area (Å²) in [4.78, 5) is 170. The number of fused-ring (bicyclic) bond motifs is 5. The van der Waals surface area contributed by atoms with Crippen molar-refractivity contribution in [2.24, 2.45) is 35.3 Å². The predicted octanol–water partition coefficient (Wildman–Crippen LogP) is -0.898. The van der Waals surface area contributed by atoms with Gasteiger partial charge in [-0.3, -0.25) is 66.6 Å². The number of thioether (sulfide) groups is 1. The summed E-state index contributed by atoms with van der Waals surface area (Å²) >= 11 is 1.45. The number of hydrogen-bond acceptors (Lipinski definition) is 18. The third-order valence-electron chi connectivity index (χ3n) is 16.4. The van der Waals surface area contributed by atoms with Crippen LogP contribution in [0.2, 0.25) is 0 Å². The number of aliphatic hydroxyl groups excluding tert-OH is 3. The fourth-order valence-electron chi connectivity index (χ4n) is 11.2. The number of nitrogens with zero attached hydrogens (tertiary/aromatic N) is 2. The van der Waals surface area contributed by atoms with Crippen LogP contribution >= 0.6 is 11.8 Å². The summed E-state index contributed by atoms with van der Waals surface area (Å²) in [7, 11) is -0.978. The van der Waals surface area contributed by atoms with E-state index in [-0.39, 0.29) is 59.1 Å². The molecule has 12 atom stereocenters. The number of primary amides is 1. The Morgan fingerprint density at radius 2 is 1.59 bits per heavy atom. The number of aromatic nitrogens is 1. The van der Waals surface area contributed by atoms with Crippen LogP contribution in [0.5, 0.6) is 5.75 Å². The van der Waals surface area contributed by atoms with Crippen LogP contribution in [0.25, 0.3) is 10.9 Å². The molecule has 1 aromatic heterocycles. The van der Waals surface area contributed by atoms with Crippen molar-refractivity contribution in [3.05, 3.63) is 23.3 Å². The van der Waals surface area contributed by atoms with E-state index in [1.165, 1.54) is 30.7 Å². The first-order chi connectivity index (χ1) is 40.4. The average molecular weight is 1230 g/mol. The average Bonchev–Trinajstić information content (AvgIpc) is 3.60. The first kappa shape index (κ1) is 67.5. The molecule has 2 aromatic rings. The van der Waals surface area contributed by atoms with Crippen molar-refractivity contribution in [2.45, 2.75) is 158 Å². The Kier molecular flexibility index (Phi) is 24.7. The third-order valence-corrected chi connectivity index (χ3v) is 18.9. The van der Waals surface area contributed by atoms with E-state index in [2.05, 4.69) is 31.6 Å². The van der Waals surface area contributed by atoms with Crippen LogP contribution in [0.4, 0.5) is 0 Å². The van der Waals surface area contributed by atoms with Crippen molar-refractivity contribution in [2.75, 3.05) is 51.4 Å². The van der Waals surface area contributed by atoms with Crippen molar-refractivity contribution in [1.82, 2.24) is 41.4 Å². The van der Waals surface area contributed by atoms with Crippen LogP contribution in [-0.2, 0) is 80.5 Å². The van der Waals surface area contributed by atoms with Gasteiger partial charge in [-0.2, -0.15) is 11.8 Å². The van der Waals surface area contributed by atoms with Crippen molar-refractivity contribution >= 4 is 104 Å². The number of ketones is 3. The molecule has 2 bridgehead atoms. The van der Waals surface area contributed by atoms with Gasteiger partial charge in [-0.25, -0.2) is 0 Å². The van der Waals surface area contributed by atoms with Gasteiger partial charge in [0, 0.05) is 92.0 Å². The number of likely N-dealkylation sites (tertiary alicyclic amines) is 1. The zero-order valence-corrected chi connectivity index (χ0v) is 50.3. The number of hydrogen-bond donors (Lipinski definition) is 10. The van der Waals surface area contributed by atoms with Gasteiger partial charge in [0.05, 0.1) is 73.5 Å². The Hall–Kier alpha value is -6.62. The monoisotopic (exact) mass is 1230 g/mol. The Morgan fingerprint density at radius 1 is 0.871 bits per heavy atom. The smallest absolute Gasteiger partial charge is 0.246 e. The summed E-state index contributed by atoms with van der Waals surface area (Å²) in [5, 5.41) is 44.8. The van der Waals surface area contributed by atoms with Gasteiger partial charge in [0.2, 0.25) is 53.2 Å². The molecule has 0 aliphatic carbocycles. The van der Waals surface area contributed by atoms with E-state index >= 15 is 4.21 Å². The maximum Gasteiger partial charge on any atom is 0.246 e. The van der Waals surface area contributed by atoms with Crippen LogP contribution in [0.15, 0.2) is 17.2 Å². The van der Waals surface area contributed by atoms with Gasteiger partial charge < -0.3 is 62.3 Å². The molecule has 468 valence electrons. The van der Waals surface area contributed by atoms with Crippen molar-refractivity contribution < 1.29 is 81.8 Å². The zero-order valence-electron chi connectivity index (χ0n) is 48.7.